The summed E-state index contributed by atoms with van der Waals surface area (Å²) in [5.41, 5.74) is 1.72. The zero-order chi connectivity index (χ0) is 26.9. The first kappa shape index (κ1) is 27.8. The van der Waals surface area contributed by atoms with E-state index in [1.165, 1.54) is 0 Å². The van der Waals surface area contributed by atoms with Crippen molar-refractivity contribution in [3.63, 3.8) is 0 Å². The lowest BCUT2D eigenvalue weighted by Crippen LogP contribution is -2.53. The summed E-state index contributed by atoms with van der Waals surface area (Å²) in [6.45, 7) is -0.0930. The number of methoxy groups -OCH3 is 1. The van der Waals surface area contributed by atoms with E-state index in [0.717, 1.165) is 36.8 Å². The lowest BCUT2D eigenvalue weighted by atomic mass is 10.0. The molecule has 3 aromatic rings. The average Bonchev–Trinajstić information content (AvgIpc) is 3.45. The highest BCUT2D eigenvalue weighted by Crippen LogP contribution is 2.27. The Morgan fingerprint density at radius 1 is 0.921 bits per heavy atom. The topological polar surface area (TPSA) is 67.9 Å². The first-order valence-electron chi connectivity index (χ1n) is 12.8. The quantitative estimate of drug-likeness (QED) is 0.312. The Bertz CT molecular complexity index is 1230. The first-order chi connectivity index (χ1) is 18.4. The number of nitrogens with one attached hydrogen (secondary N) is 1. The Kier molecular flexibility index (Phi) is 9.91. The van der Waals surface area contributed by atoms with Gasteiger partial charge < -0.3 is 19.7 Å². The molecule has 6 nitrogen and oxygen atoms in total. The maximum atomic E-state index is 13.8. The molecule has 1 aliphatic carbocycles. The SMILES string of the molecule is COc1ccccc1OCC(=O)N(Cc1ccc(Cl)c(Cl)c1)[C@H](Cc1ccccc1)C(=O)NC1CCCC1. The van der Waals surface area contributed by atoms with Crippen LogP contribution in [-0.4, -0.2) is 42.5 Å². The fraction of sp³-hybridized carbons (Fsp3) is 0.333. The van der Waals surface area contributed by atoms with Crippen molar-refractivity contribution in [2.75, 3.05) is 13.7 Å². The third-order valence-electron chi connectivity index (χ3n) is 6.73. The largest absolute Gasteiger partial charge is 0.493 e. The molecule has 0 radical (unpaired) electrons. The minimum Gasteiger partial charge on any atom is -0.493 e. The van der Waals surface area contributed by atoms with Gasteiger partial charge in [-0.05, 0) is 48.2 Å². The zero-order valence-corrected chi connectivity index (χ0v) is 22.9. The summed E-state index contributed by atoms with van der Waals surface area (Å²) in [4.78, 5) is 29.1. The lowest BCUT2D eigenvalue weighted by Gasteiger charge is -2.32. The van der Waals surface area contributed by atoms with E-state index >= 15 is 0 Å². The normalized spacial score (nSPS) is 14.1. The zero-order valence-electron chi connectivity index (χ0n) is 21.4. The van der Waals surface area contributed by atoms with E-state index in [2.05, 4.69) is 5.32 Å². The highest BCUT2D eigenvalue weighted by molar-refractivity contribution is 6.42. The molecule has 8 heteroatoms. The number of amides is 2. The predicted molar refractivity (Wildman–Crippen MR) is 150 cm³/mol. The third kappa shape index (κ3) is 7.42. The van der Waals surface area contributed by atoms with Gasteiger partial charge in [-0.25, -0.2) is 0 Å². The molecule has 3 aromatic carbocycles. The van der Waals surface area contributed by atoms with Crippen molar-refractivity contribution in [2.24, 2.45) is 0 Å². The van der Waals surface area contributed by atoms with Gasteiger partial charge in [0.15, 0.2) is 18.1 Å². The Balaban J connectivity index is 1.63. The molecule has 1 N–H and O–H groups in total. The van der Waals surface area contributed by atoms with Crippen LogP contribution in [0, 0.1) is 0 Å². The number of halogens is 2. The van der Waals surface area contributed by atoms with Crippen molar-refractivity contribution in [2.45, 2.75) is 50.7 Å². The molecule has 0 aromatic heterocycles. The molecule has 1 saturated carbocycles. The highest BCUT2D eigenvalue weighted by Gasteiger charge is 2.32. The van der Waals surface area contributed by atoms with Crippen molar-refractivity contribution >= 4 is 35.0 Å². The molecule has 0 unspecified atom stereocenters. The van der Waals surface area contributed by atoms with Gasteiger partial charge in [0.25, 0.3) is 5.91 Å². The van der Waals surface area contributed by atoms with E-state index in [1.54, 1.807) is 36.3 Å². The predicted octanol–water partition coefficient (Wildman–Crippen LogP) is 6.08. The minimum atomic E-state index is -0.749. The fourth-order valence-electron chi connectivity index (χ4n) is 4.72. The van der Waals surface area contributed by atoms with Crippen LogP contribution in [0.5, 0.6) is 11.5 Å². The molecule has 0 bridgehead atoms. The summed E-state index contributed by atoms with van der Waals surface area (Å²) in [7, 11) is 1.55. The third-order valence-corrected chi connectivity index (χ3v) is 7.47. The van der Waals surface area contributed by atoms with Gasteiger partial charge in [-0.3, -0.25) is 9.59 Å². The van der Waals surface area contributed by atoms with E-state index in [4.69, 9.17) is 32.7 Å². The van der Waals surface area contributed by atoms with E-state index in [9.17, 15) is 9.59 Å². The van der Waals surface area contributed by atoms with Crippen molar-refractivity contribution in [3.05, 3.63) is 94.0 Å². The van der Waals surface area contributed by atoms with Crippen LogP contribution in [0.3, 0.4) is 0 Å². The van der Waals surface area contributed by atoms with Crippen LogP contribution in [0.25, 0.3) is 0 Å². The number of carbonyl (C=O) groups excluding carboxylic acids is 2. The fourth-order valence-corrected chi connectivity index (χ4v) is 5.04. The first-order valence-corrected chi connectivity index (χ1v) is 13.5. The molecule has 38 heavy (non-hydrogen) atoms. The Hall–Kier alpha value is -3.22. The maximum Gasteiger partial charge on any atom is 0.261 e. The van der Waals surface area contributed by atoms with Crippen molar-refractivity contribution in [1.29, 1.82) is 0 Å². The molecule has 0 heterocycles. The lowest BCUT2D eigenvalue weighted by molar-refractivity contribution is -0.143. The number of hydrogen-bond donors (Lipinski definition) is 1. The van der Waals surface area contributed by atoms with E-state index in [0.29, 0.717) is 28.0 Å². The van der Waals surface area contributed by atoms with Crippen molar-refractivity contribution < 1.29 is 19.1 Å². The number of para-hydroxylation sites is 2. The van der Waals surface area contributed by atoms with Crippen LogP contribution in [0.4, 0.5) is 0 Å². The number of benzene rings is 3. The van der Waals surface area contributed by atoms with Crippen LogP contribution in [0.2, 0.25) is 10.0 Å². The number of carbonyl (C=O) groups is 2. The summed E-state index contributed by atoms with van der Waals surface area (Å²) in [5, 5.41) is 4.00. The molecule has 0 saturated heterocycles. The smallest absolute Gasteiger partial charge is 0.261 e. The van der Waals surface area contributed by atoms with Gasteiger partial charge in [-0.15, -0.1) is 0 Å². The van der Waals surface area contributed by atoms with Crippen LogP contribution >= 0.6 is 23.2 Å². The molecule has 0 spiro atoms. The van der Waals surface area contributed by atoms with Gasteiger partial charge in [-0.2, -0.15) is 0 Å². The number of rotatable bonds is 11. The summed E-state index contributed by atoms with van der Waals surface area (Å²) in [6.07, 6.45) is 4.43. The van der Waals surface area contributed by atoms with Gasteiger partial charge in [0.2, 0.25) is 5.91 Å². The Morgan fingerprint density at radius 2 is 1.61 bits per heavy atom. The highest BCUT2D eigenvalue weighted by atomic mass is 35.5. The monoisotopic (exact) mass is 554 g/mol. The van der Waals surface area contributed by atoms with Crippen LogP contribution in [-0.2, 0) is 22.6 Å². The second kappa shape index (κ2) is 13.5. The second-order valence-corrected chi connectivity index (χ2v) is 10.2. The molecule has 2 amide bonds. The number of nitrogens with zero attached hydrogens (tertiary/aromatic N) is 1. The molecule has 1 atom stereocenters. The van der Waals surface area contributed by atoms with Gasteiger partial charge in [0.05, 0.1) is 17.2 Å². The molecule has 0 aliphatic heterocycles. The van der Waals surface area contributed by atoms with Gasteiger partial charge in [-0.1, -0.05) is 84.6 Å². The van der Waals surface area contributed by atoms with Crippen LogP contribution < -0.4 is 14.8 Å². The molecular formula is C30H32Cl2N2O4. The summed E-state index contributed by atoms with van der Waals surface area (Å²) in [5.74, 6) is 0.472. The summed E-state index contributed by atoms with van der Waals surface area (Å²) >= 11 is 12.4. The number of hydrogen-bond acceptors (Lipinski definition) is 4. The van der Waals surface area contributed by atoms with Gasteiger partial charge in [0, 0.05) is 19.0 Å². The maximum absolute atomic E-state index is 13.8. The van der Waals surface area contributed by atoms with Crippen molar-refractivity contribution in [3.8, 4) is 11.5 Å². The minimum absolute atomic E-state index is 0.118. The standard InChI is InChI=1S/C30H32Cl2N2O4/c1-37-27-13-7-8-14-28(27)38-20-29(35)34(19-22-15-16-24(31)25(32)17-22)26(18-21-9-3-2-4-10-21)30(36)33-23-11-5-6-12-23/h2-4,7-10,13-17,23,26H,5-6,11-12,18-20H2,1H3,(H,33,36)/t26-/m1/s1. The van der Waals surface area contributed by atoms with E-state index < -0.39 is 6.04 Å². The molecule has 4 rings (SSSR count). The van der Waals surface area contributed by atoms with Crippen LogP contribution in [0.15, 0.2) is 72.8 Å². The average molecular weight is 556 g/mol. The molecule has 1 aliphatic rings. The summed E-state index contributed by atoms with van der Waals surface area (Å²) in [6, 6.07) is 21.4. The van der Waals surface area contributed by atoms with Gasteiger partial charge in [0.1, 0.15) is 6.04 Å². The van der Waals surface area contributed by atoms with E-state index in [-0.39, 0.29) is 31.0 Å². The molecule has 200 valence electrons. The molecular weight excluding hydrogens is 523 g/mol. The molecule has 1 fully saturated rings. The van der Waals surface area contributed by atoms with Crippen molar-refractivity contribution in [1.82, 2.24) is 10.2 Å². The Morgan fingerprint density at radius 3 is 2.29 bits per heavy atom. The number of ether oxygens (including phenoxy) is 2. The Labute approximate surface area is 233 Å². The second-order valence-electron chi connectivity index (χ2n) is 9.41. The van der Waals surface area contributed by atoms with E-state index in [1.807, 2.05) is 48.5 Å². The summed E-state index contributed by atoms with van der Waals surface area (Å²) < 4.78 is 11.2. The van der Waals surface area contributed by atoms with Gasteiger partial charge >= 0.3 is 0 Å². The van der Waals surface area contributed by atoms with Crippen LogP contribution in [0.1, 0.15) is 36.8 Å².